The van der Waals surface area contributed by atoms with Gasteiger partial charge < -0.3 is 24.8 Å². The Kier molecular flexibility index (Phi) is 6.72. The number of carbonyl (C=O) groups is 3. The molecule has 1 heterocycles. The van der Waals surface area contributed by atoms with Crippen molar-refractivity contribution >= 4 is 18.0 Å². The van der Waals surface area contributed by atoms with Crippen molar-refractivity contribution in [2.75, 3.05) is 32.8 Å². The van der Waals surface area contributed by atoms with Crippen LogP contribution in [0.4, 0.5) is 4.79 Å². The normalized spacial score (nSPS) is 20.7. The molecule has 2 amide bonds. The second-order valence-corrected chi connectivity index (χ2v) is 9.60. The highest BCUT2D eigenvalue weighted by Gasteiger charge is 2.39. The first-order chi connectivity index (χ1) is 17.0. The summed E-state index contributed by atoms with van der Waals surface area (Å²) in [5.41, 5.74) is 4.62. The minimum absolute atomic E-state index is 0.0238. The fourth-order valence-corrected chi connectivity index (χ4v) is 5.17. The lowest BCUT2D eigenvalue weighted by molar-refractivity contribution is -0.150. The second-order valence-electron chi connectivity index (χ2n) is 9.60. The summed E-state index contributed by atoms with van der Waals surface area (Å²) >= 11 is 0. The van der Waals surface area contributed by atoms with Gasteiger partial charge in [0.1, 0.15) is 19.3 Å². The van der Waals surface area contributed by atoms with Crippen LogP contribution in [0.3, 0.4) is 0 Å². The van der Waals surface area contributed by atoms with Gasteiger partial charge in [0.05, 0.1) is 0 Å². The van der Waals surface area contributed by atoms with Crippen LogP contribution in [-0.4, -0.2) is 66.9 Å². The molecule has 2 aromatic carbocycles. The summed E-state index contributed by atoms with van der Waals surface area (Å²) in [6, 6.07) is 16.3. The molecule has 35 heavy (non-hydrogen) atoms. The van der Waals surface area contributed by atoms with Crippen LogP contribution in [-0.2, 0) is 19.1 Å². The van der Waals surface area contributed by atoms with Crippen LogP contribution in [0.25, 0.3) is 11.1 Å². The van der Waals surface area contributed by atoms with E-state index in [-0.39, 0.29) is 37.4 Å². The monoisotopic (exact) mass is 478 g/mol. The topological polar surface area (TPSA) is 105 Å². The molecule has 184 valence electrons. The Morgan fingerprint density at radius 2 is 1.66 bits per heavy atom. The smallest absolute Gasteiger partial charge is 0.407 e. The van der Waals surface area contributed by atoms with Gasteiger partial charge in [0.25, 0.3) is 5.91 Å². The largest absolute Gasteiger partial charge is 0.480 e. The van der Waals surface area contributed by atoms with E-state index in [1.807, 2.05) is 24.3 Å². The number of nitrogens with one attached hydrogen (secondary N) is 1. The van der Waals surface area contributed by atoms with Crippen LogP contribution in [0.2, 0.25) is 0 Å². The quantitative estimate of drug-likeness (QED) is 0.573. The molecule has 5 rings (SSSR count). The molecule has 2 aromatic rings. The highest BCUT2D eigenvalue weighted by molar-refractivity contribution is 5.85. The number of fused-ring (bicyclic) bond motifs is 3. The van der Waals surface area contributed by atoms with E-state index >= 15 is 0 Å². The van der Waals surface area contributed by atoms with Gasteiger partial charge >= 0.3 is 12.1 Å². The van der Waals surface area contributed by atoms with E-state index in [4.69, 9.17) is 9.47 Å². The first-order valence-corrected chi connectivity index (χ1v) is 12.2. The second kappa shape index (κ2) is 10.1. The lowest BCUT2D eigenvalue weighted by atomic mass is 9.98. The maximum absolute atomic E-state index is 13.0. The number of hydrogen-bond acceptors (Lipinski definition) is 5. The third kappa shape index (κ3) is 5.17. The van der Waals surface area contributed by atoms with Gasteiger partial charge in [-0.2, -0.15) is 0 Å². The molecule has 1 aliphatic heterocycles. The molecule has 2 fully saturated rings. The standard InChI is InChI=1S/C27H30N2O6/c30-24(31)15-29(14-17-9-10-17)26(32)25-18(11-12-34-25)13-28-27(33)35-16-23-21-7-3-1-5-19(21)20-6-2-4-8-22(20)23/h1-8,17-18,23,25H,9-16H2,(H,28,33)(H,30,31)/t18-,25-/m1/s1. The minimum atomic E-state index is -1.04. The number of carboxylic acid groups (broad SMARTS) is 1. The number of amides is 2. The molecular weight excluding hydrogens is 448 g/mol. The average Bonchev–Trinajstić information content (AvgIpc) is 3.45. The first-order valence-electron chi connectivity index (χ1n) is 12.2. The predicted molar refractivity (Wildman–Crippen MR) is 128 cm³/mol. The molecule has 2 N–H and O–H groups in total. The molecule has 1 saturated heterocycles. The number of carboxylic acids is 1. The third-order valence-corrected chi connectivity index (χ3v) is 7.12. The average molecular weight is 479 g/mol. The zero-order chi connectivity index (χ0) is 24.4. The number of benzene rings is 2. The van der Waals surface area contributed by atoms with Crippen molar-refractivity contribution in [3.63, 3.8) is 0 Å². The number of ether oxygens (including phenoxy) is 2. The summed E-state index contributed by atoms with van der Waals surface area (Å²) in [6.45, 7) is 0.964. The Labute approximate surface area is 204 Å². The lowest BCUT2D eigenvalue weighted by Crippen LogP contribution is -2.47. The number of alkyl carbamates (subject to hydrolysis) is 1. The van der Waals surface area contributed by atoms with Gasteiger partial charge in [-0.1, -0.05) is 48.5 Å². The Morgan fingerprint density at radius 3 is 2.29 bits per heavy atom. The molecule has 0 aromatic heterocycles. The van der Waals surface area contributed by atoms with Crippen molar-refractivity contribution in [1.82, 2.24) is 10.2 Å². The van der Waals surface area contributed by atoms with Gasteiger partial charge in [-0.3, -0.25) is 9.59 Å². The molecule has 2 atom stereocenters. The zero-order valence-electron chi connectivity index (χ0n) is 19.5. The van der Waals surface area contributed by atoms with E-state index in [1.54, 1.807) is 0 Å². The number of nitrogens with zero attached hydrogens (tertiary/aromatic N) is 1. The molecule has 2 aliphatic carbocycles. The van der Waals surface area contributed by atoms with Gasteiger partial charge in [-0.25, -0.2) is 4.79 Å². The summed E-state index contributed by atoms with van der Waals surface area (Å²) in [5.74, 6) is -1.22. The van der Waals surface area contributed by atoms with Crippen LogP contribution in [0, 0.1) is 11.8 Å². The summed E-state index contributed by atoms with van der Waals surface area (Å²) in [5, 5.41) is 12.0. The summed E-state index contributed by atoms with van der Waals surface area (Å²) < 4.78 is 11.3. The van der Waals surface area contributed by atoms with Crippen molar-refractivity contribution < 1.29 is 29.0 Å². The maximum Gasteiger partial charge on any atom is 0.407 e. The van der Waals surface area contributed by atoms with Crippen molar-refractivity contribution in [2.24, 2.45) is 11.8 Å². The first kappa shape index (κ1) is 23.4. The molecule has 3 aliphatic rings. The van der Waals surface area contributed by atoms with E-state index in [0.717, 1.165) is 24.0 Å². The van der Waals surface area contributed by atoms with Crippen LogP contribution >= 0.6 is 0 Å². The van der Waals surface area contributed by atoms with Gasteiger partial charge in [0, 0.05) is 31.5 Å². The highest BCUT2D eigenvalue weighted by atomic mass is 16.5. The lowest BCUT2D eigenvalue weighted by Gasteiger charge is -2.26. The Morgan fingerprint density at radius 1 is 1.00 bits per heavy atom. The van der Waals surface area contributed by atoms with Crippen molar-refractivity contribution in [2.45, 2.75) is 31.3 Å². The Hall–Kier alpha value is -3.39. The number of rotatable bonds is 9. The molecule has 0 unspecified atom stereocenters. The van der Waals surface area contributed by atoms with Crippen molar-refractivity contribution in [3.05, 3.63) is 59.7 Å². The summed E-state index contributed by atoms with van der Waals surface area (Å²) in [4.78, 5) is 38.2. The van der Waals surface area contributed by atoms with Crippen LogP contribution < -0.4 is 5.32 Å². The molecule has 0 spiro atoms. The molecule has 1 saturated carbocycles. The zero-order valence-corrected chi connectivity index (χ0v) is 19.5. The van der Waals surface area contributed by atoms with E-state index in [9.17, 15) is 19.5 Å². The molecule has 8 nitrogen and oxygen atoms in total. The molecule has 0 radical (unpaired) electrons. The highest BCUT2D eigenvalue weighted by Crippen LogP contribution is 2.44. The van der Waals surface area contributed by atoms with Crippen molar-refractivity contribution in [3.8, 4) is 11.1 Å². The van der Waals surface area contributed by atoms with Crippen LogP contribution in [0.1, 0.15) is 36.3 Å². The fourth-order valence-electron chi connectivity index (χ4n) is 5.17. The van der Waals surface area contributed by atoms with Crippen molar-refractivity contribution in [1.29, 1.82) is 0 Å². The molecule has 8 heteroatoms. The SMILES string of the molecule is O=C(O)CN(CC1CC1)C(=O)[C@@H]1OCC[C@@H]1CNC(=O)OCC1c2ccccc2-c2ccccc21. The van der Waals surface area contributed by atoms with E-state index in [1.165, 1.54) is 16.0 Å². The van der Waals surface area contributed by atoms with E-state index in [0.29, 0.717) is 25.5 Å². The molecular formula is C27H30N2O6. The van der Waals surface area contributed by atoms with Gasteiger partial charge in [0.15, 0.2) is 0 Å². The number of hydrogen-bond donors (Lipinski definition) is 2. The fraction of sp³-hybridized carbons (Fsp3) is 0.444. The van der Waals surface area contributed by atoms with E-state index in [2.05, 4.69) is 29.6 Å². The number of carbonyl (C=O) groups excluding carboxylic acids is 2. The van der Waals surface area contributed by atoms with Crippen LogP contribution in [0.5, 0.6) is 0 Å². The van der Waals surface area contributed by atoms with Gasteiger partial charge in [0.2, 0.25) is 0 Å². The van der Waals surface area contributed by atoms with Gasteiger partial charge in [-0.15, -0.1) is 0 Å². The minimum Gasteiger partial charge on any atom is -0.480 e. The molecule has 0 bridgehead atoms. The van der Waals surface area contributed by atoms with Gasteiger partial charge in [-0.05, 0) is 47.4 Å². The number of aliphatic carboxylic acids is 1. The predicted octanol–water partition coefficient (Wildman–Crippen LogP) is 3.25. The Bertz CT molecular complexity index is 1070. The summed E-state index contributed by atoms with van der Waals surface area (Å²) in [7, 11) is 0. The third-order valence-electron chi connectivity index (χ3n) is 7.12. The summed E-state index contributed by atoms with van der Waals surface area (Å²) in [6.07, 6.45) is 1.36. The van der Waals surface area contributed by atoms with Crippen LogP contribution in [0.15, 0.2) is 48.5 Å². The maximum atomic E-state index is 13.0. The van der Waals surface area contributed by atoms with E-state index < -0.39 is 18.2 Å². The Balaban J connectivity index is 1.16.